The van der Waals surface area contributed by atoms with E-state index in [4.69, 9.17) is 0 Å². The molecular weight excluding hydrogens is 294 g/mol. The number of hydrogen-bond acceptors (Lipinski definition) is 4. The molecule has 0 aromatic heterocycles. The minimum absolute atomic E-state index is 0.00201. The van der Waals surface area contributed by atoms with E-state index in [1.54, 1.807) is 0 Å². The van der Waals surface area contributed by atoms with Crippen molar-refractivity contribution in [3.05, 3.63) is 29.8 Å². The number of hydrogen-bond donors (Lipinski definition) is 4. The van der Waals surface area contributed by atoms with Crippen LogP contribution in [0, 0.1) is 5.92 Å². The van der Waals surface area contributed by atoms with Crippen molar-refractivity contribution >= 4 is 17.5 Å². The molecule has 23 heavy (non-hydrogen) atoms. The van der Waals surface area contributed by atoms with E-state index in [9.17, 15) is 14.7 Å². The molecule has 0 radical (unpaired) electrons. The first-order chi connectivity index (χ1) is 11.0. The normalized spacial score (nSPS) is 21.7. The number of benzene rings is 1. The Labute approximate surface area is 136 Å². The number of β-amino-alcohol motifs (C(OH)–C–C–N with tert-alkyl or cyclic N) is 1. The van der Waals surface area contributed by atoms with E-state index in [1.165, 1.54) is 0 Å². The van der Waals surface area contributed by atoms with Crippen LogP contribution in [0.15, 0.2) is 24.3 Å². The Hall–Kier alpha value is -1.92. The SMILES string of the molecule is CCC(C)C(=O)Nc1cccc(CNC(=O)[C@H]2C[C@H](O)CN2)c1. The number of carbonyl (C=O) groups excluding carboxylic acids is 2. The second-order valence-corrected chi connectivity index (χ2v) is 6.07. The van der Waals surface area contributed by atoms with Crippen LogP contribution in [0.5, 0.6) is 0 Å². The van der Waals surface area contributed by atoms with Crippen molar-refractivity contribution < 1.29 is 14.7 Å². The van der Waals surface area contributed by atoms with Crippen LogP contribution in [0.1, 0.15) is 32.3 Å². The number of nitrogens with one attached hydrogen (secondary N) is 3. The summed E-state index contributed by atoms with van der Waals surface area (Å²) in [6.07, 6.45) is 0.781. The molecule has 1 saturated heterocycles. The first-order valence-corrected chi connectivity index (χ1v) is 8.08. The van der Waals surface area contributed by atoms with E-state index in [-0.39, 0.29) is 23.8 Å². The molecule has 6 heteroatoms. The number of rotatable bonds is 6. The molecule has 1 unspecified atom stereocenters. The predicted molar refractivity (Wildman–Crippen MR) is 88.8 cm³/mol. The third-order valence-electron chi connectivity index (χ3n) is 4.15. The fourth-order valence-electron chi connectivity index (χ4n) is 2.44. The standard InChI is InChI=1S/C17H25N3O3/c1-3-11(2)16(22)20-13-6-4-5-12(7-13)9-19-17(23)15-8-14(21)10-18-15/h4-7,11,14-15,18,21H,3,8-10H2,1-2H3,(H,19,23)(H,20,22)/t11?,14-,15+/m0/s1. The number of aliphatic hydroxyl groups is 1. The minimum Gasteiger partial charge on any atom is -0.392 e. The van der Waals surface area contributed by atoms with Crippen molar-refractivity contribution in [2.24, 2.45) is 5.92 Å². The van der Waals surface area contributed by atoms with Crippen molar-refractivity contribution in [1.82, 2.24) is 10.6 Å². The molecule has 1 fully saturated rings. The maximum Gasteiger partial charge on any atom is 0.237 e. The number of anilines is 1. The highest BCUT2D eigenvalue weighted by atomic mass is 16.3. The van der Waals surface area contributed by atoms with E-state index in [1.807, 2.05) is 38.1 Å². The Bertz CT molecular complexity index is 562. The van der Waals surface area contributed by atoms with Gasteiger partial charge in [-0.25, -0.2) is 0 Å². The highest BCUT2D eigenvalue weighted by Gasteiger charge is 2.27. The molecule has 1 aromatic carbocycles. The summed E-state index contributed by atoms with van der Waals surface area (Å²) < 4.78 is 0. The van der Waals surface area contributed by atoms with Gasteiger partial charge in [-0.3, -0.25) is 9.59 Å². The number of carbonyl (C=O) groups is 2. The van der Waals surface area contributed by atoms with E-state index < -0.39 is 6.10 Å². The molecule has 4 N–H and O–H groups in total. The first-order valence-electron chi connectivity index (χ1n) is 8.08. The average Bonchev–Trinajstić information content (AvgIpc) is 2.98. The highest BCUT2D eigenvalue weighted by molar-refractivity contribution is 5.92. The van der Waals surface area contributed by atoms with Crippen LogP contribution in [-0.4, -0.2) is 35.6 Å². The van der Waals surface area contributed by atoms with E-state index in [0.29, 0.717) is 19.5 Å². The van der Waals surface area contributed by atoms with Crippen molar-refractivity contribution in [1.29, 1.82) is 0 Å². The Morgan fingerprint density at radius 3 is 2.87 bits per heavy atom. The van der Waals surface area contributed by atoms with Gasteiger partial charge < -0.3 is 21.1 Å². The summed E-state index contributed by atoms with van der Waals surface area (Å²) in [5.41, 5.74) is 1.65. The van der Waals surface area contributed by atoms with Crippen LogP contribution in [0.25, 0.3) is 0 Å². The lowest BCUT2D eigenvalue weighted by molar-refractivity contribution is -0.123. The molecule has 2 rings (SSSR count). The molecule has 3 atom stereocenters. The maximum atomic E-state index is 12.0. The zero-order valence-corrected chi connectivity index (χ0v) is 13.6. The third-order valence-corrected chi connectivity index (χ3v) is 4.15. The van der Waals surface area contributed by atoms with Gasteiger partial charge in [0.15, 0.2) is 0 Å². The lowest BCUT2D eigenvalue weighted by Gasteiger charge is -2.13. The number of amides is 2. The van der Waals surface area contributed by atoms with Gasteiger partial charge in [-0.05, 0) is 30.5 Å². The minimum atomic E-state index is -0.454. The summed E-state index contributed by atoms with van der Waals surface area (Å²) in [7, 11) is 0. The van der Waals surface area contributed by atoms with Gasteiger partial charge in [-0.15, -0.1) is 0 Å². The zero-order chi connectivity index (χ0) is 16.8. The zero-order valence-electron chi connectivity index (χ0n) is 13.6. The molecule has 126 valence electrons. The summed E-state index contributed by atoms with van der Waals surface area (Å²) in [5, 5.41) is 18.2. The molecule has 1 aliphatic rings. The lowest BCUT2D eigenvalue weighted by Crippen LogP contribution is -2.40. The van der Waals surface area contributed by atoms with Gasteiger partial charge in [0.2, 0.25) is 11.8 Å². The van der Waals surface area contributed by atoms with Crippen molar-refractivity contribution in [2.45, 2.75) is 45.4 Å². The van der Waals surface area contributed by atoms with Gasteiger partial charge in [0.1, 0.15) is 0 Å². The second kappa shape index (κ2) is 8.08. The van der Waals surface area contributed by atoms with E-state index in [0.717, 1.165) is 17.7 Å². The van der Waals surface area contributed by atoms with Crippen molar-refractivity contribution in [2.75, 3.05) is 11.9 Å². The fourth-order valence-corrected chi connectivity index (χ4v) is 2.44. The Morgan fingerprint density at radius 2 is 2.22 bits per heavy atom. The third kappa shape index (κ3) is 5.04. The van der Waals surface area contributed by atoms with E-state index >= 15 is 0 Å². The van der Waals surface area contributed by atoms with Crippen molar-refractivity contribution in [3.8, 4) is 0 Å². The van der Waals surface area contributed by atoms with Crippen LogP contribution >= 0.6 is 0 Å². The maximum absolute atomic E-state index is 12.0. The van der Waals surface area contributed by atoms with E-state index in [2.05, 4.69) is 16.0 Å². The monoisotopic (exact) mass is 319 g/mol. The molecule has 0 bridgehead atoms. The summed E-state index contributed by atoms with van der Waals surface area (Å²) in [4.78, 5) is 23.9. The van der Waals surface area contributed by atoms with Gasteiger partial charge in [-0.2, -0.15) is 0 Å². The van der Waals surface area contributed by atoms with Crippen LogP contribution in [0.4, 0.5) is 5.69 Å². The molecule has 0 saturated carbocycles. The summed E-state index contributed by atoms with van der Waals surface area (Å²) in [5.74, 6) is -0.147. The van der Waals surface area contributed by atoms with Crippen LogP contribution in [0.2, 0.25) is 0 Å². The largest absolute Gasteiger partial charge is 0.392 e. The first kappa shape index (κ1) is 17.4. The molecule has 6 nitrogen and oxygen atoms in total. The summed E-state index contributed by atoms with van der Waals surface area (Å²) >= 11 is 0. The van der Waals surface area contributed by atoms with Gasteiger partial charge in [0.05, 0.1) is 12.1 Å². The van der Waals surface area contributed by atoms with Crippen LogP contribution in [0.3, 0.4) is 0 Å². The van der Waals surface area contributed by atoms with Gasteiger partial charge in [0.25, 0.3) is 0 Å². The van der Waals surface area contributed by atoms with Gasteiger partial charge in [-0.1, -0.05) is 26.0 Å². The molecule has 1 aliphatic heterocycles. The van der Waals surface area contributed by atoms with Crippen LogP contribution in [-0.2, 0) is 16.1 Å². The smallest absolute Gasteiger partial charge is 0.237 e. The average molecular weight is 319 g/mol. The Morgan fingerprint density at radius 1 is 1.43 bits per heavy atom. The molecule has 0 spiro atoms. The highest BCUT2D eigenvalue weighted by Crippen LogP contribution is 2.13. The van der Waals surface area contributed by atoms with Gasteiger partial charge >= 0.3 is 0 Å². The second-order valence-electron chi connectivity index (χ2n) is 6.07. The molecule has 1 heterocycles. The Balaban J connectivity index is 1.87. The summed E-state index contributed by atoms with van der Waals surface area (Å²) in [6.45, 7) is 4.71. The van der Waals surface area contributed by atoms with Crippen molar-refractivity contribution in [3.63, 3.8) is 0 Å². The quantitative estimate of drug-likeness (QED) is 0.630. The molecule has 0 aliphatic carbocycles. The summed E-state index contributed by atoms with van der Waals surface area (Å²) in [6, 6.07) is 7.11. The molecule has 1 aromatic rings. The Kier molecular flexibility index (Phi) is 6.12. The topological polar surface area (TPSA) is 90.5 Å². The number of aliphatic hydroxyl groups excluding tert-OH is 1. The molecule has 2 amide bonds. The predicted octanol–water partition coefficient (Wildman–Crippen LogP) is 1.01. The van der Waals surface area contributed by atoms with Crippen LogP contribution < -0.4 is 16.0 Å². The van der Waals surface area contributed by atoms with Gasteiger partial charge in [0, 0.05) is 24.7 Å². The fraction of sp³-hybridized carbons (Fsp3) is 0.529. The molecular formula is C17H25N3O3. The lowest BCUT2D eigenvalue weighted by atomic mass is 10.1.